The number of rotatable bonds is 3. The number of hydrogen-bond donors (Lipinski definition) is 2. The molecule has 0 aromatic carbocycles. The van der Waals surface area contributed by atoms with E-state index in [1.807, 2.05) is 6.92 Å². The summed E-state index contributed by atoms with van der Waals surface area (Å²) in [6, 6.07) is 0. The van der Waals surface area contributed by atoms with Gasteiger partial charge in [-0.3, -0.25) is 4.79 Å². The van der Waals surface area contributed by atoms with Crippen LogP contribution in [0, 0.1) is 11.8 Å². The molecular formula is C10H18O3. The summed E-state index contributed by atoms with van der Waals surface area (Å²) in [5, 5.41) is 19.0. The molecular weight excluding hydrogens is 168 g/mol. The van der Waals surface area contributed by atoms with E-state index < -0.39 is 17.5 Å². The molecule has 1 saturated carbocycles. The predicted molar refractivity (Wildman–Crippen MR) is 49.4 cm³/mol. The maximum absolute atomic E-state index is 10.9. The van der Waals surface area contributed by atoms with Crippen LogP contribution >= 0.6 is 0 Å². The van der Waals surface area contributed by atoms with Crippen LogP contribution < -0.4 is 0 Å². The normalized spacial score (nSPS) is 36.1. The molecule has 1 fully saturated rings. The quantitative estimate of drug-likeness (QED) is 0.704. The fourth-order valence-electron chi connectivity index (χ4n) is 2.40. The standard InChI is InChI=1S/C10H18O3/c1-3-8(9(11)12)10(13)5-4-7(2)6-10/h7-8,13H,3-6H2,1-2H3,(H,11,12). The highest BCUT2D eigenvalue weighted by Crippen LogP contribution is 2.40. The molecule has 13 heavy (non-hydrogen) atoms. The Morgan fingerprint density at radius 1 is 1.69 bits per heavy atom. The number of aliphatic carboxylic acids is 1. The summed E-state index contributed by atoms with van der Waals surface area (Å²) >= 11 is 0. The van der Waals surface area contributed by atoms with E-state index in [1.165, 1.54) is 0 Å². The largest absolute Gasteiger partial charge is 0.481 e. The summed E-state index contributed by atoms with van der Waals surface area (Å²) < 4.78 is 0. The molecule has 0 aromatic rings. The van der Waals surface area contributed by atoms with Gasteiger partial charge in [-0.1, -0.05) is 13.8 Å². The smallest absolute Gasteiger partial charge is 0.309 e. The van der Waals surface area contributed by atoms with Crippen LogP contribution in [0.1, 0.15) is 39.5 Å². The monoisotopic (exact) mass is 186 g/mol. The van der Waals surface area contributed by atoms with Gasteiger partial charge in [-0.05, 0) is 31.6 Å². The molecule has 0 aliphatic heterocycles. The minimum atomic E-state index is -0.944. The second-order valence-corrected chi connectivity index (χ2v) is 4.25. The van der Waals surface area contributed by atoms with Crippen LogP contribution in [0.15, 0.2) is 0 Å². The number of carboxylic acids is 1. The third-order valence-corrected chi connectivity index (χ3v) is 3.13. The molecule has 0 aromatic heterocycles. The van der Waals surface area contributed by atoms with E-state index in [0.29, 0.717) is 25.2 Å². The first-order valence-electron chi connectivity index (χ1n) is 4.94. The van der Waals surface area contributed by atoms with Crippen molar-refractivity contribution in [1.82, 2.24) is 0 Å². The SMILES string of the molecule is CCC(C(=O)O)C1(O)CCC(C)C1. The molecule has 0 bridgehead atoms. The average Bonchev–Trinajstić information content (AvgIpc) is 2.32. The van der Waals surface area contributed by atoms with Crippen molar-refractivity contribution in [3.05, 3.63) is 0 Å². The Hall–Kier alpha value is -0.570. The van der Waals surface area contributed by atoms with Gasteiger partial charge in [0.2, 0.25) is 0 Å². The van der Waals surface area contributed by atoms with Crippen LogP contribution in [0.3, 0.4) is 0 Å². The van der Waals surface area contributed by atoms with Crippen molar-refractivity contribution in [2.75, 3.05) is 0 Å². The summed E-state index contributed by atoms with van der Waals surface area (Å²) in [6.07, 6.45) is 2.73. The molecule has 3 atom stereocenters. The van der Waals surface area contributed by atoms with Gasteiger partial charge in [0.15, 0.2) is 0 Å². The molecule has 1 aliphatic carbocycles. The number of carbonyl (C=O) groups is 1. The fraction of sp³-hybridized carbons (Fsp3) is 0.900. The zero-order valence-electron chi connectivity index (χ0n) is 8.29. The van der Waals surface area contributed by atoms with Crippen molar-refractivity contribution in [2.45, 2.75) is 45.1 Å². The van der Waals surface area contributed by atoms with Crippen LogP contribution in [0.2, 0.25) is 0 Å². The maximum atomic E-state index is 10.9. The Morgan fingerprint density at radius 2 is 2.31 bits per heavy atom. The Balaban J connectivity index is 2.72. The van der Waals surface area contributed by atoms with Crippen molar-refractivity contribution in [2.24, 2.45) is 11.8 Å². The second kappa shape index (κ2) is 3.66. The Bertz CT molecular complexity index is 202. The lowest BCUT2D eigenvalue weighted by molar-refractivity contribution is -0.152. The van der Waals surface area contributed by atoms with E-state index in [9.17, 15) is 9.90 Å². The molecule has 0 radical (unpaired) electrons. The van der Waals surface area contributed by atoms with E-state index >= 15 is 0 Å². The van der Waals surface area contributed by atoms with E-state index in [-0.39, 0.29) is 0 Å². The van der Waals surface area contributed by atoms with Crippen LogP contribution in [0.4, 0.5) is 0 Å². The van der Waals surface area contributed by atoms with Gasteiger partial charge >= 0.3 is 5.97 Å². The highest BCUT2D eigenvalue weighted by Gasteiger charge is 2.44. The van der Waals surface area contributed by atoms with Gasteiger partial charge in [-0.15, -0.1) is 0 Å². The van der Waals surface area contributed by atoms with Gasteiger partial charge in [-0.25, -0.2) is 0 Å². The Labute approximate surface area is 78.8 Å². The molecule has 0 heterocycles. The fourth-order valence-corrected chi connectivity index (χ4v) is 2.40. The van der Waals surface area contributed by atoms with E-state index in [4.69, 9.17) is 5.11 Å². The van der Waals surface area contributed by atoms with Gasteiger partial charge in [-0.2, -0.15) is 0 Å². The van der Waals surface area contributed by atoms with Crippen molar-refractivity contribution in [3.63, 3.8) is 0 Å². The molecule has 76 valence electrons. The first-order valence-corrected chi connectivity index (χ1v) is 4.94. The third kappa shape index (κ3) is 2.02. The molecule has 0 spiro atoms. The Morgan fingerprint density at radius 3 is 2.62 bits per heavy atom. The lowest BCUT2D eigenvalue weighted by Gasteiger charge is -2.28. The van der Waals surface area contributed by atoms with Crippen LogP contribution in [0.5, 0.6) is 0 Å². The maximum Gasteiger partial charge on any atom is 0.309 e. The summed E-state index contributed by atoms with van der Waals surface area (Å²) in [6.45, 7) is 3.88. The molecule has 3 unspecified atom stereocenters. The molecule has 1 aliphatic rings. The Kier molecular flexibility index (Phi) is 2.96. The third-order valence-electron chi connectivity index (χ3n) is 3.13. The summed E-state index contributed by atoms with van der Waals surface area (Å²) in [7, 11) is 0. The van der Waals surface area contributed by atoms with Gasteiger partial charge in [0, 0.05) is 0 Å². The summed E-state index contributed by atoms with van der Waals surface area (Å²) in [5.74, 6) is -0.991. The van der Waals surface area contributed by atoms with Gasteiger partial charge < -0.3 is 10.2 Å². The zero-order chi connectivity index (χ0) is 10.1. The lowest BCUT2D eigenvalue weighted by atomic mass is 9.83. The molecule has 2 N–H and O–H groups in total. The van der Waals surface area contributed by atoms with Crippen LogP contribution in [-0.2, 0) is 4.79 Å². The second-order valence-electron chi connectivity index (χ2n) is 4.25. The predicted octanol–water partition coefficient (Wildman–Crippen LogP) is 1.65. The highest BCUT2D eigenvalue weighted by molar-refractivity contribution is 5.71. The van der Waals surface area contributed by atoms with Crippen LogP contribution in [-0.4, -0.2) is 21.8 Å². The first-order chi connectivity index (χ1) is 5.99. The topological polar surface area (TPSA) is 57.5 Å². The summed E-state index contributed by atoms with van der Waals surface area (Å²) in [4.78, 5) is 10.9. The van der Waals surface area contributed by atoms with E-state index in [1.54, 1.807) is 0 Å². The van der Waals surface area contributed by atoms with E-state index in [2.05, 4.69) is 6.92 Å². The van der Waals surface area contributed by atoms with Crippen molar-refractivity contribution < 1.29 is 15.0 Å². The average molecular weight is 186 g/mol. The molecule has 1 rings (SSSR count). The van der Waals surface area contributed by atoms with Crippen molar-refractivity contribution >= 4 is 5.97 Å². The minimum Gasteiger partial charge on any atom is -0.481 e. The molecule has 0 saturated heterocycles. The number of hydrogen-bond acceptors (Lipinski definition) is 2. The highest BCUT2D eigenvalue weighted by atomic mass is 16.4. The molecule has 3 heteroatoms. The van der Waals surface area contributed by atoms with Gasteiger partial charge in [0.1, 0.15) is 0 Å². The molecule has 0 amide bonds. The lowest BCUT2D eigenvalue weighted by Crippen LogP contribution is -2.39. The van der Waals surface area contributed by atoms with Gasteiger partial charge in [0.05, 0.1) is 11.5 Å². The first kappa shape index (κ1) is 10.5. The zero-order valence-corrected chi connectivity index (χ0v) is 8.29. The van der Waals surface area contributed by atoms with Crippen molar-refractivity contribution in [3.8, 4) is 0 Å². The number of aliphatic hydroxyl groups is 1. The number of carboxylic acid groups (broad SMARTS) is 1. The molecule has 3 nitrogen and oxygen atoms in total. The minimum absolute atomic E-state index is 0.457. The van der Waals surface area contributed by atoms with Crippen molar-refractivity contribution in [1.29, 1.82) is 0 Å². The van der Waals surface area contributed by atoms with Crippen LogP contribution in [0.25, 0.3) is 0 Å². The van der Waals surface area contributed by atoms with E-state index in [0.717, 1.165) is 6.42 Å². The van der Waals surface area contributed by atoms with Gasteiger partial charge in [0.25, 0.3) is 0 Å². The summed E-state index contributed by atoms with van der Waals surface area (Å²) in [5.41, 5.74) is -0.944.